The van der Waals surface area contributed by atoms with Gasteiger partial charge in [-0.25, -0.2) is 0 Å². The first kappa shape index (κ1) is 19.8. The predicted molar refractivity (Wildman–Crippen MR) is 109 cm³/mol. The van der Waals surface area contributed by atoms with Crippen molar-refractivity contribution in [2.24, 2.45) is 0 Å². The minimum atomic E-state index is -0.878. The van der Waals surface area contributed by atoms with Crippen LogP contribution in [0.25, 0.3) is 10.9 Å². The molecule has 0 fully saturated rings. The summed E-state index contributed by atoms with van der Waals surface area (Å²) in [6.45, 7) is 4.33. The highest BCUT2D eigenvalue weighted by atomic mass is 16.5. The van der Waals surface area contributed by atoms with Crippen LogP contribution in [-0.4, -0.2) is 35.3 Å². The number of carbonyl (C=O) groups is 1. The zero-order valence-electron chi connectivity index (χ0n) is 16.4. The van der Waals surface area contributed by atoms with E-state index in [0.29, 0.717) is 24.5 Å². The number of ether oxygens (including phenoxy) is 2. The molecule has 0 radical (unpaired) electrons. The van der Waals surface area contributed by atoms with Crippen LogP contribution in [0.3, 0.4) is 0 Å². The van der Waals surface area contributed by atoms with Gasteiger partial charge < -0.3 is 24.9 Å². The molecule has 6 heteroatoms. The normalized spacial score (nSPS) is 12.3. The van der Waals surface area contributed by atoms with Crippen LogP contribution in [0.4, 0.5) is 0 Å². The van der Waals surface area contributed by atoms with Gasteiger partial charge >= 0.3 is 5.97 Å². The van der Waals surface area contributed by atoms with Crippen molar-refractivity contribution in [3.8, 4) is 11.5 Å². The van der Waals surface area contributed by atoms with Crippen molar-refractivity contribution in [3.63, 3.8) is 0 Å². The van der Waals surface area contributed by atoms with Gasteiger partial charge in [0.1, 0.15) is 6.04 Å². The number of carboxylic acids is 1. The summed E-state index contributed by atoms with van der Waals surface area (Å²) in [5.41, 5.74) is 2.92. The van der Waals surface area contributed by atoms with Gasteiger partial charge in [0.05, 0.1) is 13.2 Å². The molecule has 1 heterocycles. The quantitative estimate of drug-likeness (QED) is 0.525. The number of rotatable bonds is 9. The highest BCUT2D eigenvalue weighted by Crippen LogP contribution is 2.29. The first-order valence-electron chi connectivity index (χ1n) is 9.32. The lowest BCUT2D eigenvalue weighted by Crippen LogP contribution is -2.38. The number of methoxy groups -OCH3 is 1. The van der Waals surface area contributed by atoms with Gasteiger partial charge in [0.2, 0.25) is 0 Å². The smallest absolute Gasteiger partial charge is 0.321 e. The number of aromatic nitrogens is 1. The van der Waals surface area contributed by atoms with E-state index in [9.17, 15) is 9.90 Å². The Morgan fingerprint density at radius 2 is 1.96 bits per heavy atom. The molecule has 0 spiro atoms. The number of fused-ring (bicyclic) bond motifs is 1. The summed E-state index contributed by atoms with van der Waals surface area (Å²) in [7, 11) is 1.59. The van der Waals surface area contributed by atoms with E-state index in [4.69, 9.17) is 9.47 Å². The maximum Gasteiger partial charge on any atom is 0.321 e. The molecule has 1 atom stereocenters. The molecule has 28 heavy (non-hydrogen) atoms. The predicted octanol–water partition coefficient (Wildman–Crippen LogP) is 3.75. The Bertz CT molecular complexity index is 949. The van der Waals surface area contributed by atoms with Crippen LogP contribution in [0, 0.1) is 0 Å². The van der Waals surface area contributed by atoms with Crippen LogP contribution in [0.2, 0.25) is 0 Å². The standard InChI is InChI=1S/C22H26N2O4/c1-14(2)28-20-9-8-15(10-21(20)27-3)12-23-19(22(25)26)11-16-13-24-18-7-5-4-6-17(16)18/h4-10,13-14,19,23-24H,11-12H2,1-3H3,(H,25,26)/t19-/m1/s1. The average molecular weight is 382 g/mol. The molecule has 148 valence electrons. The molecule has 0 saturated heterocycles. The molecule has 3 aromatic rings. The second-order valence-corrected chi connectivity index (χ2v) is 6.99. The van der Waals surface area contributed by atoms with Gasteiger partial charge in [-0.3, -0.25) is 4.79 Å². The van der Waals surface area contributed by atoms with Crippen molar-refractivity contribution in [3.05, 3.63) is 59.8 Å². The van der Waals surface area contributed by atoms with Crippen molar-refractivity contribution in [1.82, 2.24) is 10.3 Å². The maximum absolute atomic E-state index is 11.8. The number of benzene rings is 2. The number of aromatic amines is 1. The first-order valence-corrected chi connectivity index (χ1v) is 9.32. The van der Waals surface area contributed by atoms with Crippen LogP contribution >= 0.6 is 0 Å². The summed E-state index contributed by atoms with van der Waals surface area (Å²) in [6, 6.07) is 12.8. The molecule has 0 unspecified atom stereocenters. The number of H-pyrrole nitrogens is 1. The molecular formula is C22H26N2O4. The fraction of sp³-hybridized carbons (Fsp3) is 0.318. The number of carboxylic acid groups (broad SMARTS) is 1. The Morgan fingerprint density at radius 3 is 2.68 bits per heavy atom. The van der Waals surface area contributed by atoms with Crippen LogP contribution in [-0.2, 0) is 17.8 Å². The third kappa shape index (κ3) is 4.64. The fourth-order valence-electron chi connectivity index (χ4n) is 3.18. The van der Waals surface area contributed by atoms with E-state index < -0.39 is 12.0 Å². The first-order chi connectivity index (χ1) is 13.5. The third-order valence-electron chi connectivity index (χ3n) is 4.54. The summed E-state index contributed by atoms with van der Waals surface area (Å²) in [6.07, 6.45) is 2.32. The molecule has 0 saturated carbocycles. The molecule has 6 nitrogen and oxygen atoms in total. The molecule has 0 aliphatic rings. The zero-order valence-corrected chi connectivity index (χ0v) is 16.4. The Morgan fingerprint density at radius 1 is 1.18 bits per heavy atom. The molecule has 0 aliphatic heterocycles. The molecule has 0 bridgehead atoms. The lowest BCUT2D eigenvalue weighted by molar-refractivity contribution is -0.139. The van der Waals surface area contributed by atoms with Crippen LogP contribution in [0.15, 0.2) is 48.7 Å². The Labute approximate surface area is 164 Å². The summed E-state index contributed by atoms with van der Waals surface area (Å²) in [5, 5.41) is 13.8. The largest absolute Gasteiger partial charge is 0.493 e. The van der Waals surface area contributed by atoms with Crippen molar-refractivity contribution >= 4 is 16.9 Å². The average Bonchev–Trinajstić information content (AvgIpc) is 3.08. The van der Waals surface area contributed by atoms with Gasteiger partial charge in [-0.1, -0.05) is 24.3 Å². The van der Waals surface area contributed by atoms with Crippen LogP contribution in [0.5, 0.6) is 11.5 Å². The minimum Gasteiger partial charge on any atom is -0.493 e. The number of nitrogens with one attached hydrogen (secondary N) is 2. The number of aliphatic carboxylic acids is 1. The van der Waals surface area contributed by atoms with Crippen molar-refractivity contribution < 1.29 is 19.4 Å². The Hall–Kier alpha value is -2.99. The van der Waals surface area contributed by atoms with Gasteiger partial charge in [0, 0.05) is 30.1 Å². The summed E-state index contributed by atoms with van der Waals surface area (Å²) >= 11 is 0. The molecular weight excluding hydrogens is 356 g/mol. The number of hydrogen-bond acceptors (Lipinski definition) is 4. The molecule has 3 rings (SSSR count). The fourth-order valence-corrected chi connectivity index (χ4v) is 3.18. The third-order valence-corrected chi connectivity index (χ3v) is 4.54. The van der Waals surface area contributed by atoms with Crippen molar-refractivity contribution in [1.29, 1.82) is 0 Å². The van der Waals surface area contributed by atoms with Gasteiger partial charge in [0.15, 0.2) is 11.5 Å². The highest BCUT2D eigenvalue weighted by Gasteiger charge is 2.19. The maximum atomic E-state index is 11.8. The van der Waals surface area contributed by atoms with E-state index in [2.05, 4.69) is 10.3 Å². The molecule has 2 aromatic carbocycles. The summed E-state index contributed by atoms with van der Waals surface area (Å²) in [5.74, 6) is 0.434. The van der Waals surface area contributed by atoms with E-state index in [1.807, 2.05) is 62.5 Å². The van der Waals surface area contributed by atoms with Crippen LogP contribution < -0.4 is 14.8 Å². The highest BCUT2D eigenvalue weighted by molar-refractivity contribution is 5.84. The second-order valence-electron chi connectivity index (χ2n) is 6.99. The van der Waals surface area contributed by atoms with Crippen molar-refractivity contribution in [2.45, 2.75) is 39.0 Å². The molecule has 3 N–H and O–H groups in total. The van der Waals surface area contributed by atoms with Gasteiger partial charge in [0.25, 0.3) is 0 Å². The van der Waals surface area contributed by atoms with Crippen molar-refractivity contribution in [2.75, 3.05) is 7.11 Å². The monoisotopic (exact) mass is 382 g/mol. The van der Waals surface area contributed by atoms with Gasteiger partial charge in [-0.2, -0.15) is 0 Å². The minimum absolute atomic E-state index is 0.0467. The number of hydrogen-bond donors (Lipinski definition) is 3. The van der Waals surface area contributed by atoms with E-state index in [1.165, 1.54) is 0 Å². The van der Waals surface area contributed by atoms with Gasteiger partial charge in [-0.05, 0) is 43.2 Å². The zero-order chi connectivity index (χ0) is 20.1. The Kier molecular flexibility index (Phi) is 6.21. The molecule has 0 aliphatic carbocycles. The van der Waals surface area contributed by atoms with E-state index in [-0.39, 0.29) is 6.10 Å². The molecule has 0 amide bonds. The Balaban J connectivity index is 1.71. The van der Waals surface area contributed by atoms with E-state index in [0.717, 1.165) is 22.0 Å². The molecule has 1 aromatic heterocycles. The summed E-state index contributed by atoms with van der Waals surface area (Å²) in [4.78, 5) is 15.0. The topological polar surface area (TPSA) is 83.6 Å². The van der Waals surface area contributed by atoms with Crippen LogP contribution in [0.1, 0.15) is 25.0 Å². The summed E-state index contributed by atoms with van der Waals surface area (Å²) < 4.78 is 11.1. The SMILES string of the molecule is COc1cc(CN[C@H](Cc2c[nH]c3ccccc23)C(=O)O)ccc1OC(C)C. The van der Waals surface area contributed by atoms with Gasteiger partial charge in [-0.15, -0.1) is 0 Å². The lowest BCUT2D eigenvalue weighted by atomic mass is 10.0. The second kappa shape index (κ2) is 8.80. The van der Waals surface area contributed by atoms with E-state index >= 15 is 0 Å². The van der Waals surface area contributed by atoms with E-state index in [1.54, 1.807) is 7.11 Å². The number of para-hydroxylation sites is 1. The lowest BCUT2D eigenvalue weighted by Gasteiger charge is -2.17.